The number of halogens is 1. The normalized spacial score (nSPS) is 11.5. The standard InChI is InChI=1S/C24H21FN4O4/c1-31-19-13-12-18(14-20(19)32-2)26-24(30)27-21(15-8-10-17(25)11-9-15)23-29-28-22(33-23)16-6-4-3-5-7-16/h3-14,21H,1-2H3,(H2,26,27,30)/t21-/m0/s1. The SMILES string of the molecule is COc1ccc(NC(=O)N[C@@H](c2ccc(F)cc2)c2nnc(-c3ccccc3)o2)cc1OC. The minimum Gasteiger partial charge on any atom is -0.493 e. The number of aromatic nitrogens is 2. The maximum atomic E-state index is 13.5. The quantitative estimate of drug-likeness (QED) is 0.421. The zero-order valence-corrected chi connectivity index (χ0v) is 17.9. The number of hydrogen-bond donors (Lipinski definition) is 2. The van der Waals surface area contributed by atoms with Crippen LogP contribution in [0.4, 0.5) is 14.9 Å². The van der Waals surface area contributed by atoms with Gasteiger partial charge >= 0.3 is 6.03 Å². The Balaban J connectivity index is 1.59. The summed E-state index contributed by atoms with van der Waals surface area (Å²) >= 11 is 0. The molecule has 0 radical (unpaired) electrons. The molecule has 2 amide bonds. The summed E-state index contributed by atoms with van der Waals surface area (Å²) in [5.41, 5.74) is 1.80. The average Bonchev–Trinajstić information content (AvgIpc) is 3.34. The third-order valence-corrected chi connectivity index (χ3v) is 4.83. The van der Waals surface area contributed by atoms with E-state index in [9.17, 15) is 9.18 Å². The number of nitrogens with one attached hydrogen (secondary N) is 2. The van der Waals surface area contributed by atoms with Gasteiger partial charge in [0, 0.05) is 17.3 Å². The molecule has 9 heteroatoms. The van der Waals surface area contributed by atoms with E-state index in [4.69, 9.17) is 13.9 Å². The van der Waals surface area contributed by atoms with E-state index in [0.29, 0.717) is 28.6 Å². The number of nitrogens with zero attached hydrogens (tertiary/aromatic N) is 2. The highest BCUT2D eigenvalue weighted by Crippen LogP contribution is 2.30. The molecule has 0 saturated heterocycles. The van der Waals surface area contributed by atoms with Crippen LogP contribution < -0.4 is 20.1 Å². The molecule has 1 aromatic heterocycles. The van der Waals surface area contributed by atoms with Gasteiger partial charge in [-0.1, -0.05) is 30.3 Å². The second-order valence-corrected chi connectivity index (χ2v) is 6.96. The Morgan fingerprint density at radius 3 is 2.36 bits per heavy atom. The number of carbonyl (C=O) groups is 1. The van der Waals surface area contributed by atoms with Crippen LogP contribution in [0.5, 0.6) is 11.5 Å². The van der Waals surface area contributed by atoms with Gasteiger partial charge in [0.05, 0.1) is 14.2 Å². The average molecular weight is 448 g/mol. The highest BCUT2D eigenvalue weighted by atomic mass is 19.1. The molecule has 1 heterocycles. The molecule has 0 aliphatic heterocycles. The zero-order valence-electron chi connectivity index (χ0n) is 17.9. The van der Waals surface area contributed by atoms with E-state index in [1.807, 2.05) is 30.3 Å². The first-order chi connectivity index (χ1) is 16.1. The van der Waals surface area contributed by atoms with Gasteiger partial charge in [-0.2, -0.15) is 0 Å². The largest absolute Gasteiger partial charge is 0.493 e. The van der Waals surface area contributed by atoms with Crippen LogP contribution in [0.2, 0.25) is 0 Å². The van der Waals surface area contributed by atoms with E-state index in [-0.39, 0.29) is 5.89 Å². The molecule has 2 N–H and O–H groups in total. The molecular formula is C24H21FN4O4. The summed E-state index contributed by atoms with van der Waals surface area (Å²) in [5, 5.41) is 13.7. The van der Waals surface area contributed by atoms with Crippen molar-refractivity contribution in [1.82, 2.24) is 15.5 Å². The van der Waals surface area contributed by atoms with Gasteiger partial charge in [0.15, 0.2) is 11.5 Å². The van der Waals surface area contributed by atoms with E-state index in [0.717, 1.165) is 5.56 Å². The molecule has 3 aromatic carbocycles. The molecule has 0 unspecified atom stereocenters. The van der Waals surface area contributed by atoms with Crippen LogP contribution >= 0.6 is 0 Å². The van der Waals surface area contributed by atoms with E-state index < -0.39 is 17.9 Å². The first kappa shape index (κ1) is 21.8. The molecule has 0 fully saturated rings. The molecule has 0 saturated carbocycles. The monoisotopic (exact) mass is 448 g/mol. The maximum absolute atomic E-state index is 13.5. The van der Waals surface area contributed by atoms with Crippen molar-refractivity contribution in [2.24, 2.45) is 0 Å². The van der Waals surface area contributed by atoms with Gasteiger partial charge in [0.1, 0.15) is 11.9 Å². The third-order valence-electron chi connectivity index (χ3n) is 4.83. The Kier molecular flexibility index (Phi) is 6.49. The molecule has 4 rings (SSSR count). The highest BCUT2D eigenvalue weighted by molar-refractivity contribution is 5.90. The van der Waals surface area contributed by atoms with Crippen LogP contribution in [0.15, 0.2) is 77.2 Å². The van der Waals surface area contributed by atoms with Gasteiger partial charge in [-0.15, -0.1) is 10.2 Å². The second kappa shape index (κ2) is 9.82. The summed E-state index contributed by atoms with van der Waals surface area (Å²) in [5.74, 6) is 1.06. The molecule has 0 spiro atoms. The topological polar surface area (TPSA) is 98.5 Å². The van der Waals surface area contributed by atoms with Gasteiger partial charge in [-0.05, 0) is 42.0 Å². The van der Waals surface area contributed by atoms with Crippen molar-refractivity contribution in [1.29, 1.82) is 0 Å². The van der Waals surface area contributed by atoms with Crippen molar-refractivity contribution in [3.05, 3.63) is 90.1 Å². The molecular weight excluding hydrogens is 427 g/mol. The number of rotatable bonds is 7. The first-order valence-electron chi connectivity index (χ1n) is 10.0. The summed E-state index contributed by atoms with van der Waals surface area (Å²) in [6, 6.07) is 18.6. The van der Waals surface area contributed by atoms with Crippen LogP contribution in [0.3, 0.4) is 0 Å². The van der Waals surface area contributed by atoms with Crippen LogP contribution in [-0.2, 0) is 0 Å². The van der Waals surface area contributed by atoms with Crippen molar-refractivity contribution in [3.8, 4) is 23.0 Å². The number of methoxy groups -OCH3 is 2. The summed E-state index contributed by atoms with van der Waals surface area (Å²) in [4.78, 5) is 12.8. The Labute approximate surface area is 189 Å². The Hall–Kier alpha value is -4.40. The van der Waals surface area contributed by atoms with Gasteiger partial charge in [-0.25, -0.2) is 9.18 Å². The van der Waals surface area contributed by atoms with Crippen LogP contribution in [0.1, 0.15) is 17.5 Å². The smallest absolute Gasteiger partial charge is 0.320 e. The molecule has 1 atom stereocenters. The van der Waals surface area contributed by atoms with E-state index in [1.165, 1.54) is 26.4 Å². The van der Waals surface area contributed by atoms with Crippen molar-refractivity contribution < 1.29 is 23.1 Å². The second-order valence-electron chi connectivity index (χ2n) is 6.96. The fourth-order valence-corrected chi connectivity index (χ4v) is 3.20. The van der Waals surface area contributed by atoms with Crippen molar-refractivity contribution in [3.63, 3.8) is 0 Å². The van der Waals surface area contributed by atoms with Crippen LogP contribution in [0.25, 0.3) is 11.5 Å². The van der Waals surface area contributed by atoms with Crippen LogP contribution in [0, 0.1) is 5.82 Å². The fraction of sp³-hybridized carbons (Fsp3) is 0.125. The number of carbonyl (C=O) groups excluding carboxylic acids is 1. The highest BCUT2D eigenvalue weighted by Gasteiger charge is 2.24. The number of ether oxygens (including phenoxy) is 2. The Morgan fingerprint density at radius 2 is 1.67 bits per heavy atom. The number of anilines is 1. The molecule has 8 nitrogen and oxygen atoms in total. The number of benzene rings is 3. The molecule has 33 heavy (non-hydrogen) atoms. The predicted octanol–water partition coefficient (Wildman–Crippen LogP) is 4.80. The van der Waals surface area contributed by atoms with Crippen molar-refractivity contribution >= 4 is 11.7 Å². The molecule has 168 valence electrons. The van der Waals surface area contributed by atoms with Gasteiger partial charge in [-0.3, -0.25) is 0 Å². The number of urea groups is 1. The van der Waals surface area contributed by atoms with E-state index in [2.05, 4.69) is 20.8 Å². The molecule has 0 aliphatic carbocycles. The lowest BCUT2D eigenvalue weighted by molar-refractivity contribution is 0.248. The Morgan fingerprint density at radius 1 is 0.939 bits per heavy atom. The van der Waals surface area contributed by atoms with Crippen molar-refractivity contribution in [2.75, 3.05) is 19.5 Å². The van der Waals surface area contributed by atoms with E-state index in [1.54, 1.807) is 30.3 Å². The van der Waals surface area contributed by atoms with Crippen LogP contribution in [-0.4, -0.2) is 30.4 Å². The lowest BCUT2D eigenvalue weighted by atomic mass is 10.1. The predicted molar refractivity (Wildman–Crippen MR) is 120 cm³/mol. The van der Waals surface area contributed by atoms with Gasteiger partial charge in [0.25, 0.3) is 0 Å². The molecule has 0 aliphatic rings. The van der Waals surface area contributed by atoms with Gasteiger partial charge < -0.3 is 24.5 Å². The summed E-state index contributed by atoms with van der Waals surface area (Å²) in [6.07, 6.45) is 0. The maximum Gasteiger partial charge on any atom is 0.320 e. The summed E-state index contributed by atoms with van der Waals surface area (Å²) in [7, 11) is 3.03. The van der Waals surface area contributed by atoms with E-state index >= 15 is 0 Å². The third kappa shape index (κ3) is 5.09. The first-order valence-corrected chi connectivity index (χ1v) is 10.0. The van der Waals surface area contributed by atoms with Crippen molar-refractivity contribution in [2.45, 2.75) is 6.04 Å². The summed E-state index contributed by atoms with van der Waals surface area (Å²) in [6.45, 7) is 0. The summed E-state index contributed by atoms with van der Waals surface area (Å²) < 4.78 is 29.8. The van der Waals surface area contributed by atoms with Gasteiger partial charge in [0.2, 0.25) is 11.8 Å². The minimum atomic E-state index is -0.810. The Bertz CT molecular complexity index is 1230. The zero-order chi connectivity index (χ0) is 23.2. The fourth-order valence-electron chi connectivity index (χ4n) is 3.20. The number of hydrogen-bond acceptors (Lipinski definition) is 6. The minimum absolute atomic E-state index is 0.155. The lowest BCUT2D eigenvalue weighted by Crippen LogP contribution is -2.33. The lowest BCUT2D eigenvalue weighted by Gasteiger charge is -2.17. The molecule has 0 bridgehead atoms. The molecule has 4 aromatic rings. The number of amides is 2.